The zero-order chi connectivity index (χ0) is 16.9. The van der Waals surface area contributed by atoms with Crippen molar-refractivity contribution >= 4 is 11.8 Å². The summed E-state index contributed by atoms with van der Waals surface area (Å²) in [6.07, 6.45) is 3.67. The number of ether oxygens (including phenoxy) is 1. The van der Waals surface area contributed by atoms with E-state index in [-0.39, 0.29) is 24.5 Å². The Morgan fingerprint density at radius 3 is 2.46 bits per heavy atom. The van der Waals surface area contributed by atoms with Gasteiger partial charge < -0.3 is 15.4 Å². The topological polar surface area (TPSA) is 75.9 Å². The van der Waals surface area contributed by atoms with E-state index < -0.39 is 0 Å². The maximum absolute atomic E-state index is 12.3. The minimum Gasteiger partial charge on any atom is -0.484 e. The molecule has 6 nitrogen and oxygen atoms in total. The summed E-state index contributed by atoms with van der Waals surface area (Å²) in [5.41, 5.74) is 5.50. The summed E-state index contributed by atoms with van der Waals surface area (Å²) in [7, 11) is 0. The smallest absolute Gasteiger partial charge is 0.260 e. The molecule has 0 aliphatic carbocycles. The molecule has 2 N–H and O–H groups in total. The third-order valence-electron chi connectivity index (χ3n) is 5.01. The summed E-state index contributed by atoms with van der Waals surface area (Å²) in [4.78, 5) is 27.9. The van der Waals surface area contributed by atoms with Crippen LogP contribution in [0.4, 0.5) is 0 Å². The zero-order valence-corrected chi connectivity index (χ0v) is 13.9. The fourth-order valence-corrected chi connectivity index (χ4v) is 3.73. The van der Waals surface area contributed by atoms with Crippen LogP contribution in [0.2, 0.25) is 0 Å². The number of likely N-dealkylation sites (tertiary alicyclic amines) is 2. The first-order valence-electron chi connectivity index (χ1n) is 8.66. The van der Waals surface area contributed by atoms with Crippen LogP contribution in [0, 0.1) is 0 Å². The van der Waals surface area contributed by atoms with E-state index in [1.165, 1.54) is 0 Å². The monoisotopic (exact) mass is 331 g/mol. The Bertz CT molecular complexity index is 570. The lowest BCUT2D eigenvalue weighted by Crippen LogP contribution is -2.51. The highest BCUT2D eigenvalue weighted by atomic mass is 16.5. The molecule has 24 heavy (non-hydrogen) atoms. The average Bonchev–Trinajstić information content (AvgIpc) is 3.11. The van der Waals surface area contributed by atoms with Gasteiger partial charge in [0.2, 0.25) is 5.91 Å². The molecule has 0 saturated carbocycles. The maximum Gasteiger partial charge on any atom is 0.260 e. The van der Waals surface area contributed by atoms with Gasteiger partial charge >= 0.3 is 0 Å². The van der Waals surface area contributed by atoms with Crippen molar-refractivity contribution in [3.05, 3.63) is 30.3 Å². The van der Waals surface area contributed by atoms with Gasteiger partial charge in [-0.15, -0.1) is 0 Å². The van der Waals surface area contributed by atoms with Crippen molar-refractivity contribution in [2.45, 2.75) is 37.8 Å². The van der Waals surface area contributed by atoms with Crippen LogP contribution in [0.15, 0.2) is 30.3 Å². The third-order valence-corrected chi connectivity index (χ3v) is 5.01. The minimum absolute atomic E-state index is 0.0187. The molecule has 0 unspecified atom stereocenters. The summed E-state index contributed by atoms with van der Waals surface area (Å²) in [6, 6.07) is 9.60. The summed E-state index contributed by atoms with van der Waals surface area (Å²) in [6.45, 7) is 2.43. The van der Waals surface area contributed by atoms with Gasteiger partial charge in [-0.1, -0.05) is 18.2 Å². The fraction of sp³-hybridized carbons (Fsp3) is 0.556. The summed E-state index contributed by atoms with van der Waals surface area (Å²) in [5.74, 6) is 0.509. The molecule has 0 bridgehead atoms. The predicted molar refractivity (Wildman–Crippen MR) is 90.5 cm³/mol. The van der Waals surface area contributed by atoms with Crippen molar-refractivity contribution in [3.63, 3.8) is 0 Å². The van der Waals surface area contributed by atoms with E-state index in [9.17, 15) is 9.59 Å². The molecule has 2 fully saturated rings. The molecule has 2 heterocycles. The number of primary amides is 1. The minimum atomic E-state index is -0.220. The number of nitrogens with zero attached hydrogens (tertiary/aromatic N) is 2. The standard InChI is InChI=1S/C18H25N3O3/c19-18(23)16-7-4-10-21(16)14-8-11-20(12-9-14)17(22)13-24-15-5-2-1-3-6-15/h1-3,5-6,14,16H,4,7-13H2,(H2,19,23)/t16-/m0/s1. The molecule has 1 aromatic rings. The Morgan fingerprint density at radius 2 is 1.79 bits per heavy atom. The van der Waals surface area contributed by atoms with Gasteiger partial charge in [0.25, 0.3) is 5.91 Å². The van der Waals surface area contributed by atoms with Gasteiger partial charge in [-0.25, -0.2) is 0 Å². The van der Waals surface area contributed by atoms with Crippen molar-refractivity contribution in [1.29, 1.82) is 0 Å². The highest BCUT2D eigenvalue weighted by Crippen LogP contribution is 2.26. The van der Waals surface area contributed by atoms with Gasteiger partial charge in [0, 0.05) is 19.1 Å². The second kappa shape index (κ2) is 7.66. The highest BCUT2D eigenvalue weighted by molar-refractivity contribution is 5.80. The van der Waals surface area contributed by atoms with E-state index >= 15 is 0 Å². The molecular weight excluding hydrogens is 306 g/mol. The van der Waals surface area contributed by atoms with E-state index in [2.05, 4.69) is 4.90 Å². The van der Waals surface area contributed by atoms with Crippen LogP contribution in [-0.2, 0) is 9.59 Å². The Kier molecular flexibility index (Phi) is 5.35. The van der Waals surface area contributed by atoms with Crippen molar-refractivity contribution in [2.24, 2.45) is 5.73 Å². The number of amides is 2. The number of carbonyl (C=O) groups excluding carboxylic acids is 2. The van der Waals surface area contributed by atoms with E-state index in [0.717, 1.165) is 32.2 Å². The number of rotatable bonds is 5. The first-order chi connectivity index (χ1) is 11.6. The van der Waals surface area contributed by atoms with Crippen LogP contribution >= 0.6 is 0 Å². The number of hydrogen-bond acceptors (Lipinski definition) is 4. The third kappa shape index (κ3) is 3.87. The molecule has 2 saturated heterocycles. The van der Waals surface area contributed by atoms with E-state index in [1.54, 1.807) is 0 Å². The fourth-order valence-electron chi connectivity index (χ4n) is 3.73. The SMILES string of the molecule is NC(=O)[C@@H]1CCCN1C1CCN(C(=O)COc2ccccc2)CC1. The molecule has 130 valence electrons. The molecule has 2 amide bonds. The number of hydrogen-bond donors (Lipinski definition) is 1. The molecule has 1 aromatic carbocycles. The van der Waals surface area contributed by atoms with Crippen LogP contribution in [-0.4, -0.2) is 59.9 Å². The lowest BCUT2D eigenvalue weighted by atomic mass is 10.0. The van der Waals surface area contributed by atoms with E-state index in [4.69, 9.17) is 10.5 Å². The van der Waals surface area contributed by atoms with Gasteiger partial charge in [-0.3, -0.25) is 14.5 Å². The molecule has 1 atom stereocenters. The molecule has 0 radical (unpaired) electrons. The van der Waals surface area contributed by atoms with Crippen molar-refractivity contribution in [1.82, 2.24) is 9.80 Å². The molecule has 2 aliphatic heterocycles. The summed E-state index contributed by atoms with van der Waals surface area (Å²) >= 11 is 0. The number of para-hydroxylation sites is 1. The number of benzene rings is 1. The lowest BCUT2D eigenvalue weighted by Gasteiger charge is -2.38. The number of nitrogens with two attached hydrogens (primary N) is 1. The summed E-state index contributed by atoms with van der Waals surface area (Å²) < 4.78 is 5.53. The van der Waals surface area contributed by atoms with Gasteiger partial charge in [-0.2, -0.15) is 0 Å². The number of carbonyl (C=O) groups is 2. The Balaban J connectivity index is 1.46. The van der Waals surface area contributed by atoms with Crippen LogP contribution in [0.1, 0.15) is 25.7 Å². The number of piperidine rings is 1. The van der Waals surface area contributed by atoms with Gasteiger partial charge in [-0.05, 0) is 44.4 Å². The van der Waals surface area contributed by atoms with Crippen LogP contribution in [0.25, 0.3) is 0 Å². The Labute approximate surface area is 142 Å². The molecule has 6 heteroatoms. The van der Waals surface area contributed by atoms with E-state index in [0.29, 0.717) is 24.9 Å². The van der Waals surface area contributed by atoms with Crippen LogP contribution in [0.3, 0.4) is 0 Å². The van der Waals surface area contributed by atoms with Crippen LogP contribution in [0.5, 0.6) is 5.75 Å². The highest BCUT2D eigenvalue weighted by Gasteiger charge is 2.36. The molecule has 2 aliphatic rings. The van der Waals surface area contributed by atoms with Crippen molar-refractivity contribution < 1.29 is 14.3 Å². The summed E-state index contributed by atoms with van der Waals surface area (Å²) in [5, 5.41) is 0. The normalized spacial score (nSPS) is 22.5. The van der Waals surface area contributed by atoms with Gasteiger partial charge in [0.1, 0.15) is 5.75 Å². The van der Waals surface area contributed by atoms with Crippen molar-refractivity contribution in [3.8, 4) is 5.75 Å². The molecule has 3 rings (SSSR count). The Morgan fingerprint density at radius 1 is 1.08 bits per heavy atom. The quantitative estimate of drug-likeness (QED) is 0.873. The van der Waals surface area contributed by atoms with Gasteiger partial charge in [0.05, 0.1) is 6.04 Å². The molecule has 0 aromatic heterocycles. The first kappa shape index (κ1) is 16.8. The second-order valence-electron chi connectivity index (χ2n) is 6.51. The predicted octanol–water partition coefficient (Wildman–Crippen LogP) is 1.01. The molecule has 0 spiro atoms. The largest absolute Gasteiger partial charge is 0.484 e. The first-order valence-corrected chi connectivity index (χ1v) is 8.66. The van der Waals surface area contributed by atoms with E-state index in [1.807, 2.05) is 35.2 Å². The van der Waals surface area contributed by atoms with Crippen molar-refractivity contribution in [2.75, 3.05) is 26.2 Å². The molecular formula is C18H25N3O3. The maximum atomic E-state index is 12.3. The van der Waals surface area contributed by atoms with Gasteiger partial charge in [0.15, 0.2) is 6.61 Å². The van der Waals surface area contributed by atoms with Crippen LogP contribution < -0.4 is 10.5 Å². The average molecular weight is 331 g/mol. The second-order valence-corrected chi connectivity index (χ2v) is 6.51. The Hall–Kier alpha value is -2.08. The lowest BCUT2D eigenvalue weighted by molar-refractivity contribution is -0.135. The zero-order valence-electron chi connectivity index (χ0n) is 13.9.